The number of nitrogen functional groups attached to an aromatic ring is 1. The summed E-state index contributed by atoms with van der Waals surface area (Å²) in [5.41, 5.74) is 2.99. The molecule has 2 aromatic rings. The van der Waals surface area contributed by atoms with Crippen LogP contribution in [0.25, 0.3) is 0 Å². The fraction of sp³-hybridized carbons (Fsp3) is 0.182. The molecule has 0 saturated heterocycles. The molecule has 0 unspecified atom stereocenters. The van der Waals surface area contributed by atoms with E-state index < -0.39 is 0 Å². The van der Waals surface area contributed by atoms with Crippen LogP contribution < -0.4 is 11.3 Å². The van der Waals surface area contributed by atoms with E-state index in [-0.39, 0.29) is 5.82 Å². The molecule has 94 valence electrons. The van der Waals surface area contributed by atoms with Crippen LogP contribution in [0.1, 0.15) is 18.3 Å². The standard InChI is InChI=1S/C11H13FN6/c1-2-10-15-17-11(18(10)13)16-14-7-8-5-3-4-6-9(8)12/h3-7H,2,13H2,1H3,(H,16,17)/b14-7-. The average molecular weight is 248 g/mol. The minimum Gasteiger partial charge on any atom is -0.335 e. The number of hydrazone groups is 1. The fourth-order valence-electron chi connectivity index (χ4n) is 1.38. The lowest BCUT2D eigenvalue weighted by molar-refractivity contribution is 0.626. The van der Waals surface area contributed by atoms with Crippen LogP contribution in [-0.4, -0.2) is 21.1 Å². The van der Waals surface area contributed by atoms with Gasteiger partial charge in [-0.2, -0.15) is 5.10 Å². The zero-order valence-corrected chi connectivity index (χ0v) is 9.84. The normalized spacial score (nSPS) is 11.0. The molecule has 0 fully saturated rings. The number of nitrogens with one attached hydrogen (secondary N) is 1. The van der Waals surface area contributed by atoms with E-state index in [2.05, 4.69) is 20.7 Å². The van der Waals surface area contributed by atoms with Gasteiger partial charge in [-0.15, -0.1) is 10.2 Å². The first-order chi connectivity index (χ1) is 8.72. The molecule has 1 aromatic heterocycles. The van der Waals surface area contributed by atoms with E-state index >= 15 is 0 Å². The summed E-state index contributed by atoms with van der Waals surface area (Å²) in [5, 5.41) is 11.5. The second-order valence-electron chi connectivity index (χ2n) is 3.55. The number of halogens is 1. The molecule has 0 bridgehead atoms. The van der Waals surface area contributed by atoms with Gasteiger partial charge in [0.1, 0.15) is 5.82 Å². The van der Waals surface area contributed by atoms with E-state index in [1.54, 1.807) is 18.2 Å². The van der Waals surface area contributed by atoms with Gasteiger partial charge < -0.3 is 5.84 Å². The highest BCUT2D eigenvalue weighted by Crippen LogP contribution is 2.05. The van der Waals surface area contributed by atoms with E-state index in [1.807, 2.05) is 6.92 Å². The highest BCUT2D eigenvalue weighted by molar-refractivity contribution is 5.80. The molecular formula is C11H13FN6. The number of rotatable bonds is 4. The van der Waals surface area contributed by atoms with Crippen molar-refractivity contribution in [3.63, 3.8) is 0 Å². The van der Waals surface area contributed by atoms with Crippen LogP contribution in [0.4, 0.5) is 10.3 Å². The average Bonchev–Trinajstić information content (AvgIpc) is 2.73. The fourth-order valence-corrected chi connectivity index (χ4v) is 1.38. The lowest BCUT2D eigenvalue weighted by Gasteiger charge is -2.00. The molecule has 0 spiro atoms. The number of nitrogens with two attached hydrogens (primary N) is 1. The Kier molecular flexibility index (Phi) is 3.52. The number of aryl methyl sites for hydroxylation is 1. The van der Waals surface area contributed by atoms with Gasteiger partial charge in [0.05, 0.1) is 6.21 Å². The third-order valence-corrected chi connectivity index (χ3v) is 2.36. The molecule has 18 heavy (non-hydrogen) atoms. The number of nitrogens with zero attached hydrogens (tertiary/aromatic N) is 4. The van der Waals surface area contributed by atoms with Crippen LogP contribution >= 0.6 is 0 Å². The van der Waals surface area contributed by atoms with Gasteiger partial charge in [-0.05, 0) is 6.07 Å². The van der Waals surface area contributed by atoms with Gasteiger partial charge in [-0.3, -0.25) is 0 Å². The van der Waals surface area contributed by atoms with E-state index in [4.69, 9.17) is 5.84 Å². The summed E-state index contributed by atoms with van der Waals surface area (Å²) in [5.74, 6) is 6.31. The maximum atomic E-state index is 13.3. The molecule has 0 aliphatic heterocycles. The molecular weight excluding hydrogens is 235 g/mol. The van der Waals surface area contributed by atoms with Gasteiger partial charge in [0.25, 0.3) is 5.95 Å². The van der Waals surface area contributed by atoms with Gasteiger partial charge in [0.15, 0.2) is 5.82 Å². The highest BCUT2D eigenvalue weighted by Gasteiger charge is 2.05. The van der Waals surface area contributed by atoms with E-state index in [0.29, 0.717) is 23.8 Å². The molecule has 0 aliphatic carbocycles. The Labute approximate surface area is 103 Å². The number of aromatic nitrogens is 3. The molecule has 6 nitrogen and oxygen atoms in total. The van der Waals surface area contributed by atoms with Gasteiger partial charge in [0.2, 0.25) is 0 Å². The minimum atomic E-state index is -0.341. The quantitative estimate of drug-likeness (QED) is 0.483. The molecule has 0 amide bonds. The Morgan fingerprint density at radius 2 is 2.22 bits per heavy atom. The molecule has 7 heteroatoms. The van der Waals surface area contributed by atoms with Gasteiger partial charge in [0, 0.05) is 12.0 Å². The van der Waals surface area contributed by atoms with Gasteiger partial charge in [-0.1, -0.05) is 25.1 Å². The van der Waals surface area contributed by atoms with Crippen molar-refractivity contribution < 1.29 is 4.39 Å². The second kappa shape index (κ2) is 5.26. The summed E-state index contributed by atoms with van der Waals surface area (Å²) in [6.07, 6.45) is 2.03. The first-order valence-electron chi connectivity index (χ1n) is 5.45. The van der Waals surface area contributed by atoms with Crippen LogP contribution in [-0.2, 0) is 6.42 Å². The van der Waals surface area contributed by atoms with Gasteiger partial charge >= 0.3 is 0 Å². The maximum absolute atomic E-state index is 13.3. The molecule has 3 N–H and O–H groups in total. The number of hydrogen-bond donors (Lipinski definition) is 2. The Morgan fingerprint density at radius 1 is 1.44 bits per heavy atom. The predicted octanol–water partition coefficient (Wildman–Crippen LogP) is 1.14. The Balaban J connectivity index is 2.07. The summed E-state index contributed by atoms with van der Waals surface area (Å²) in [4.78, 5) is 0. The topological polar surface area (TPSA) is 81.1 Å². The van der Waals surface area contributed by atoms with Gasteiger partial charge in [-0.25, -0.2) is 14.5 Å². The third-order valence-electron chi connectivity index (χ3n) is 2.36. The van der Waals surface area contributed by atoms with Crippen molar-refractivity contribution in [3.8, 4) is 0 Å². The minimum absolute atomic E-state index is 0.305. The summed E-state index contributed by atoms with van der Waals surface area (Å²) in [6, 6.07) is 6.32. The van der Waals surface area contributed by atoms with E-state index in [0.717, 1.165) is 0 Å². The Hall–Kier alpha value is -2.44. The number of anilines is 1. The van der Waals surface area contributed by atoms with E-state index in [1.165, 1.54) is 17.0 Å². The van der Waals surface area contributed by atoms with Crippen LogP contribution in [0.2, 0.25) is 0 Å². The Morgan fingerprint density at radius 3 is 2.89 bits per heavy atom. The zero-order chi connectivity index (χ0) is 13.0. The van der Waals surface area contributed by atoms with Crippen LogP contribution in [0.3, 0.4) is 0 Å². The van der Waals surface area contributed by atoms with Crippen molar-refractivity contribution in [1.82, 2.24) is 14.9 Å². The van der Waals surface area contributed by atoms with Crippen molar-refractivity contribution in [1.29, 1.82) is 0 Å². The van der Waals surface area contributed by atoms with Crippen molar-refractivity contribution in [2.45, 2.75) is 13.3 Å². The summed E-state index contributed by atoms with van der Waals surface area (Å²) >= 11 is 0. The molecule has 0 radical (unpaired) electrons. The molecule has 0 aliphatic rings. The molecule has 2 rings (SSSR count). The van der Waals surface area contributed by atoms with Crippen LogP contribution in [0, 0.1) is 5.82 Å². The van der Waals surface area contributed by atoms with E-state index in [9.17, 15) is 4.39 Å². The maximum Gasteiger partial charge on any atom is 0.263 e. The largest absolute Gasteiger partial charge is 0.335 e. The first kappa shape index (κ1) is 12.0. The monoisotopic (exact) mass is 248 g/mol. The third kappa shape index (κ3) is 2.45. The summed E-state index contributed by atoms with van der Waals surface area (Å²) in [6.45, 7) is 1.92. The zero-order valence-electron chi connectivity index (χ0n) is 9.84. The SMILES string of the molecule is CCc1nnc(N/N=C\c2ccccc2F)n1N. The van der Waals surface area contributed by atoms with Crippen molar-refractivity contribution in [3.05, 3.63) is 41.5 Å². The lowest BCUT2D eigenvalue weighted by atomic mass is 10.2. The summed E-state index contributed by atoms with van der Waals surface area (Å²) in [7, 11) is 0. The lowest BCUT2D eigenvalue weighted by Crippen LogP contribution is -2.14. The highest BCUT2D eigenvalue weighted by atomic mass is 19.1. The molecule has 1 heterocycles. The predicted molar refractivity (Wildman–Crippen MR) is 67.2 cm³/mol. The Bertz CT molecular complexity index is 562. The molecule has 0 atom stereocenters. The number of benzene rings is 1. The second-order valence-corrected chi connectivity index (χ2v) is 3.55. The smallest absolute Gasteiger partial charge is 0.263 e. The van der Waals surface area contributed by atoms with Crippen molar-refractivity contribution in [2.24, 2.45) is 5.10 Å². The molecule has 0 saturated carbocycles. The molecule has 1 aromatic carbocycles. The first-order valence-corrected chi connectivity index (χ1v) is 5.45. The van der Waals surface area contributed by atoms with Crippen LogP contribution in [0.5, 0.6) is 0 Å². The number of hydrogen-bond acceptors (Lipinski definition) is 5. The van der Waals surface area contributed by atoms with Crippen molar-refractivity contribution in [2.75, 3.05) is 11.3 Å². The summed E-state index contributed by atoms with van der Waals surface area (Å²) < 4.78 is 14.6. The van der Waals surface area contributed by atoms with Crippen molar-refractivity contribution >= 4 is 12.2 Å². The van der Waals surface area contributed by atoms with Crippen LogP contribution in [0.15, 0.2) is 29.4 Å².